The second-order valence-electron chi connectivity index (χ2n) is 4.19. The van der Waals surface area contributed by atoms with Crippen molar-refractivity contribution in [1.29, 1.82) is 0 Å². The van der Waals surface area contributed by atoms with Crippen LogP contribution in [0.25, 0.3) is 6.08 Å². The van der Waals surface area contributed by atoms with E-state index >= 15 is 0 Å². The molecule has 0 radical (unpaired) electrons. The lowest BCUT2D eigenvalue weighted by Crippen LogP contribution is -2.29. The first kappa shape index (κ1) is 16.5. The molecule has 0 bridgehead atoms. The van der Waals surface area contributed by atoms with Gasteiger partial charge in [0.05, 0.1) is 9.11 Å². The first-order valence-electron chi connectivity index (χ1n) is 6.12. The van der Waals surface area contributed by atoms with Crippen molar-refractivity contribution in [2.75, 3.05) is 12.8 Å². The third kappa shape index (κ3) is 4.32. The van der Waals surface area contributed by atoms with Gasteiger partial charge in [-0.1, -0.05) is 24.0 Å². The van der Waals surface area contributed by atoms with Gasteiger partial charge in [-0.25, -0.2) is 0 Å². The molecule has 1 N–H and O–H groups in total. The van der Waals surface area contributed by atoms with Crippen LogP contribution in [0.5, 0.6) is 0 Å². The number of nitrogens with zero attached hydrogens (tertiary/aromatic N) is 1. The summed E-state index contributed by atoms with van der Waals surface area (Å²) in [6, 6.07) is 4.00. The van der Waals surface area contributed by atoms with Gasteiger partial charge in [0, 0.05) is 17.8 Å². The minimum absolute atomic E-state index is 0.0398. The highest BCUT2D eigenvalue weighted by Gasteiger charge is 2.31. The summed E-state index contributed by atoms with van der Waals surface area (Å²) in [5.74, 6) is -0.992. The van der Waals surface area contributed by atoms with E-state index in [-0.39, 0.29) is 12.3 Å². The molecule has 1 amide bonds. The Labute approximate surface area is 140 Å². The van der Waals surface area contributed by atoms with Crippen LogP contribution in [0.15, 0.2) is 21.2 Å². The van der Waals surface area contributed by atoms with Crippen molar-refractivity contribution in [2.45, 2.75) is 17.1 Å². The summed E-state index contributed by atoms with van der Waals surface area (Å²) >= 11 is 9.77. The Morgan fingerprint density at radius 3 is 2.90 bits per heavy atom. The number of carboxylic acids is 1. The van der Waals surface area contributed by atoms with E-state index in [1.54, 1.807) is 23.1 Å². The molecule has 0 aromatic carbocycles. The van der Waals surface area contributed by atoms with E-state index in [0.717, 1.165) is 4.88 Å². The Kier molecular flexibility index (Phi) is 5.86. The molecule has 0 aliphatic carbocycles. The van der Waals surface area contributed by atoms with Gasteiger partial charge in [0.25, 0.3) is 5.91 Å². The molecule has 0 spiro atoms. The monoisotopic (exact) mass is 359 g/mol. The van der Waals surface area contributed by atoms with E-state index < -0.39 is 5.97 Å². The third-order valence-corrected chi connectivity index (χ3v) is 6.22. The summed E-state index contributed by atoms with van der Waals surface area (Å²) in [5, 5.41) is 8.64. The highest BCUT2D eigenvalue weighted by atomic mass is 32.2. The number of thioether (sulfide) groups is 2. The standard InChI is InChI=1S/C13H13NO3S4/c1-19-11-5-4-8(20-11)7-9-12(17)14(13(18)21-9)6-2-3-10(15)16/h4-5,7H,2-3,6H2,1H3,(H,15,16)/b9-7+. The molecule has 0 atom stereocenters. The van der Waals surface area contributed by atoms with Crippen molar-refractivity contribution in [3.05, 3.63) is 21.9 Å². The third-order valence-electron chi connectivity index (χ3n) is 2.72. The molecule has 0 saturated carbocycles. The molecule has 1 aromatic heterocycles. The number of carboxylic acid groups (broad SMARTS) is 1. The number of aliphatic carboxylic acids is 1. The smallest absolute Gasteiger partial charge is 0.303 e. The molecule has 1 aliphatic heterocycles. The number of carbonyl (C=O) groups excluding carboxylic acids is 1. The number of rotatable bonds is 6. The van der Waals surface area contributed by atoms with Crippen LogP contribution in [0.2, 0.25) is 0 Å². The molecule has 2 heterocycles. The fourth-order valence-electron chi connectivity index (χ4n) is 1.73. The van der Waals surface area contributed by atoms with Crippen LogP contribution in [0.4, 0.5) is 0 Å². The maximum Gasteiger partial charge on any atom is 0.303 e. The Hall–Kier alpha value is -0.830. The van der Waals surface area contributed by atoms with Crippen LogP contribution in [0, 0.1) is 0 Å². The van der Waals surface area contributed by atoms with E-state index in [9.17, 15) is 9.59 Å². The van der Waals surface area contributed by atoms with Crippen molar-refractivity contribution >= 4 is 69.4 Å². The number of hydrogen-bond acceptors (Lipinski definition) is 6. The van der Waals surface area contributed by atoms with E-state index in [2.05, 4.69) is 0 Å². The molecule has 0 unspecified atom stereocenters. The number of carbonyl (C=O) groups is 2. The van der Waals surface area contributed by atoms with Gasteiger partial charge in [-0.15, -0.1) is 23.1 Å². The molecular formula is C13H13NO3S4. The normalized spacial score (nSPS) is 17.0. The quantitative estimate of drug-likeness (QED) is 0.476. The lowest BCUT2D eigenvalue weighted by molar-refractivity contribution is -0.137. The highest BCUT2D eigenvalue weighted by molar-refractivity contribution is 8.26. The highest BCUT2D eigenvalue weighted by Crippen LogP contribution is 2.35. The summed E-state index contributed by atoms with van der Waals surface area (Å²) in [6.45, 7) is 0.356. The van der Waals surface area contributed by atoms with Crippen molar-refractivity contribution < 1.29 is 14.7 Å². The molecule has 1 saturated heterocycles. The molecule has 8 heteroatoms. The van der Waals surface area contributed by atoms with Crippen LogP contribution < -0.4 is 0 Å². The Morgan fingerprint density at radius 2 is 2.29 bits per heavy atom. The first-order chi connectivity index (χ1) is 10.0. The zero-order valence-electron chi connectivity index (χ0n) is 11.2. The predicted molar refractivity (Wildman–Crippen MR) is 92.8 cm³/mol. The molecule has 1 aromatic rings. The van der Waals surface area contributed by atoms with Crippen LogP contribution in [0.1, 0.15) is 17.7 Å². The van der Waals surface area contributed by atoms with E-state index in [4.69, 9.17) is 17.3 Å². The van der Waals surface area contributed by atoms with Crippen molar-refractivity contribution in [3.8, 4) is 0 Å². The molecule has 21 heavy (non-hydrogen) atoms. The van der Waals surface area contributed by atoms with Gasteiger partial charge in [-0.3, -0.25) is 14.5 Å². The Bertz CT molecular complexity index is 608. The first-order valence-corrected chi connectivity index (χ1v) is 9.39. The number of amides is 1. The number of thiophene rings is 1. The largest absolute Gasteiger partial charge is 0.481 e. The van der Waals surface area contributed by atoms with Gasteiger partial charge in [-0.05, 0) is 30.9 Å². The van der Waals surface area contributed by atoms with Crippen LogP contribution >= 0.6 is 47.1 Å². The Balaban J connectivity index is 2.04. The van der Waals surface area contributed by atoms with Gasteiger partial charge in [-0.2, -0.15) is 0 Å². The minimum Gasteiger partial charge on any atom is -0.481 e. The molecular weight excluding hydrogens is 346 g/mol. The van der Waals surface area contributed by atoms with E-state index in [1.807, 2.05) is 24.5 Å². The zero-order chi connectivity index (χ0) is 15.4. The molecule has 1 fully saturated rings. The van der Waals surface area contributed by atoms with Crippen molar-refractivity contribution in [2.24, 2.45) is 0 Å². The second kappa shape index (κ2) is 7.44. The summed E-state index contributed by atoms with van der Waals surface area (Å²) < 4.78 is 1.69. The van der Waals surface area contributed by atoms with E-state index in [0.29, 0.717) is 22.2 Å². The van der Waals surface area contributed by atoms with Crippen LogP contribution in [0.3, 0.4) is 0 Å². The fraction of sp³-hybridized carbons (Fsp3) is 0.308. The SMILES string of the molecule is CSc1ccc(/C=C2/SC(=S)N(CCCC(=O)O)C2=O)s1. The molecule has 112 valence electrons. The van der Waals surface area contributed by atoms with Gasteiger partial charge in [0.2, 0.25) is 0 Å². The summed E-state index contributed by atoms with van der Waals surface area (Å²) in [6.07, 6.45) is 4.31. The summed E-state index contributed by atoms with van der Waals surface area (Å²) in [4.78, 5) is 25.9. The van der Waals surface area contributed by atoms with Crippen molar-refractivity contribution in [3.63, 3.8) is 0 Å². The van der Waals surface area contributed by atoms with Gasteiger partial charge >= 0.3 is 5.97 Å². The average molecular weight is 360 g/mol. The summed E-state index contributed by atoms with van der Waals surface area (Å²) in [5.41, 5.74) is 0. The van der Waals surface area contributed by atoms with Gasteiger partial charge < -0.3 is 5.11 Å². The number of thiocarbonyl (C=S) groups is 1. The van der Waals surface area contributed by atoms with Gasteiger partial charge in [0.15, 0.2) is 0 Å². The zero-order valence-corrected chi connectivity index (χ0v) is 14.5. The molecule has 4 nitrogen and oxygen atoms in total. The molecule has 1 aliphatic rings. The van der Waals surface area contributed by atoms with Crippen molar-refractivity contribution in [1.82, 2.24) is 4.90 Å². The lowest BCUT2D eigenvalue weighted by atomic mass is 10.3. The van der Waals surface area contributed by atoms with Crippen LogP contribution in [-0.4, -0.2) is 39.0 Å². The lowest BCUT2D eigenvalue weighted by Gasteiger charge is -2.13. The fourth-order valence-corrected chi connectivity index (χ4v) is 4.61. The van der Waals surface area contributed by atoms with Crippen LogP contribution in [-0.2, 0) is 9.59 Å². The predicted octanol–water partition coefficient (Wildman–Crippen LogP) is 3.54. The Morgan fingerprint density at radius 1 is 1.52 bits per heavy atom. The van der Waals surface area contributed by atoms with Gasteiger partial charge in [0.1, 0.15) is 4.32 Å². The number of hydrogen-bond donors (Lipinski definition) is 1. The minimum atomic E-state index is -0.862. The summed E-state index contributed by atoms with van der Waals surface area (Å²) in [7, 11) is 0. The topological polar surface area (TPSA) is 57.6 Å². The average Bonchev–Trinajstić information content (AvgIpc) is 2.98. The second-order valence-corrected chi connectivity index (χ2v) is 8.09. The maximum atomic E-state index is 12.3. The van der Waals surface area contributed by atoms with E-state index in [1.165, 1.54) is 20.9 Å². The molecule has 2 rings (SSSR count). The maximum absolute atomic E-state index is 12.3.